The Morgan fingerprint density at radius 1 is 1.35 bits per heavy atom. The van der Waals surface area contributed by atoms with Gasteiger partial charge in [-0.25, -0.2) is 0 Å². The lowest BCUT2D eigenvalue weighted by Gasteiger charge is -2.16. The Balaban J connectivity index is 2.28. The lowest BCUT2D eigenvalue weighted by molar-refractivity contribution is -0.144. The van der Waals surface area contributed by atoms with Crippen LogP contribution in [0, 0.1) is 0 Å². The summed E-state index contributed by atoms with van der Waals surface area (Å²) in [6.07, 6.45) is -3.99. The van der Waals surface area contributed by atoms with Crippen molar-refractivity contribution in [2.45, 2.75) is 25.6 Å². The molecule has 1 atom stereocenters. The minimum absolute atomic E-state index is 0.283. The molecule has 1 aromatic heterocycles. The number of benzene rings is 1. The van der Waals surface area contributed by atoms with Crippen molar-refractivity contribution in [3.8, 4) is 0 Å². The van der Waals surface area contributed by atoms with Gasteiger partial charge in [-0.3, -0.25) is 9.48 Å². The molecule has 2 aromatic rings. The third-order valence-electron chi connectivity index (χ3n) is 3.39. The molecule has 0 bridgehead atoms. The zero-order valence-corrected chi connectivity index (χ0v) is 14.1. The highest BCUT2D eigenvalue weighted by Gasteiger charge is 2.39. The minimum Gasteiger partial charge on any atom is -0.344 e. The molecule has 1 N–H and O–H groups in total. The van der Waals surface area contributed by atoms with E-state index in [1.54, 1.807) is 0 Å². The van der Waals surface area contributed by atoms with Crippen molar-refractivity contribution in [3.05, 3.63) is 51.8 Å². The molecule has 0 aliphatic rings. The highest BCUT2D eigenvalue weighted by atomic mass is 79.9. The molecule has 0 spiro atoms. The van der Waals surface area contributed by atoms with Crippen LogP contribution >= 0.6 is 15.9 Å². The SMILES string of the molecule is CCC(NC(=O)c1nn(C)c(C(F)(F)F)c1Br)c1ccccc1. The number of carbonyl (C=O) groups is 1. The van der Waals surface area contributed by atoms with Crippen LogP contribution in [-0.4, -0.2) is 15.7 Å². The first-order chi connectivity index (χ1) is 10.8. The van der Waals surface area contributed by atoms with Crippen LogP contribution < -0.4 is 5.32 Å². The Hall–Kier alpha value is -1.83. The summed E-state index contributed by atoms with van der Waals surface area (Å²) in [6.45, 7) is 1.88. The normalized spacial score (nSPS) is 13.0. The summed E-state index contributed by atoms with van der Waals surface area (Å²) in [5.74, 6) is -0.654. The van der Waals surface area contributed by atoms with Crippen LogP contribution in [0.3, 0.4) is 0 Å². The highest BCUT2D eigenvalue weighted by molar-refractivity contribution is 9.10. The molecule has 23 heavy (non-hydrogen) atoms. The first kappa shape index (κ1) is 17.5. The molecule has 0 saturated heterocycles. The van der Waals surface area contributed by atoms with E-state index in [0.29, 0.717) is 11.1 Å². The van der Waals surface area contributed by atoms with Gasteiger partial charge in [-0.1, -0.05) is 37.3 Å². The van der Waals surface area contributed by atoms with E-state index in [1.165, 1.54) is 0 Å². The molecule has 1 amide bonds. The second-order valence-corrected chi connectivity index (χ2v) is 5.77. The zero-order valence-electron chi connectivity index (χ0n) is 12.5. The fourth-order valence-corrected chi connectivity index (χ4v) is 3.02. The molecule has 1 unspecified atom stereocenters. The Morgan fingerprint density at radius 2 is 1.96 bits per heavy atom. The third kappa shape index (κ3) is 3.74. The van der Waals surface area contributed by atoms with E-state index in [1.807, 2.05) is 37.3 Å². The molecule has 2 rings (SSSR count). The Bertz CT molecular complexity index is 698. The average molecular weight is 390 g/mol. The second-order valence-electron chi connectivity index (χ2n) is 4.98. The van der Waals surface area contributed by atoms with E-state index in [0.717, 1.165) is 12.6 Å². The fourth-order valence-electron chi connectivity index (χ4n) is 2.28. The van der Waals surface area contributed by atoms with E-state index in [2.05, 4.69) is 26.3 Å². The molecular formula is C15H15BrF3N3O. The van der Waals surface area contributed by atoms with E-state index >= 15 is 0 Å². The second kappa shape index (κ2) is 6.74. The van der Waals surface area contributed by atoms with Crippen molar-refractivity contribution >= 4 is 21.8 Å². The molecule has 8 heteroatoms. The predicted octanol–water partition coefficient (Wildman–Crippen LogP) is 4.08. The van der Waals surface area contributed by atoms with E-state index in [9.17, 15) is 18.0 Å². The number of hydrogen-bond donors (Lipinski definition) is 1. The topological polar surface area (TPSA) is 46.9 Å². The van der Waals surface area contributed by atoms with Gasteiger partial charge < -0.3 is 5.32 Å². The minimum atomic E-state index is -4.59. The fraction of sp³-hybridized carbons (Fsp3) is 0.333. The van der Waals surface area contributed by atoms with Crippen LogP contribution in [0.5, 0.6) is 0 Å². The average Bonchev–Trinajstić information content (AvgIpc) is 2.80. The molecule has 4 nitrogen and oxygen atoms in total. The van der Waals surface area contributed by atoms with Crippen molar-refractivity contribution in [1.82, 2.24) is 15.1 Å². The first-order valence-corrected chi connectivity index (χ1v) is 7.70. The summed E-state index contributed by atoms with van der Waals surface area (Å²) in [5.41, 5.74) is -0.393. The van der Waals surface area contributed by atoms with Crippen molar-refractivity contribution in [3.63, 3.8) is 0 Å². The van der Waals surface area contributed by atoms with Gasteiger partial charge in [0, 0.05) is 7.05 Å². The first-order valence-electron chi connectivity index (χ1n) is 6.91. The molecule has 124 valence electrons. The Morgan fingerprint density at radius 3 is 2.43 bits per heavy atom. The molecule has 0 aliphatic heterocycles. The van der Waals surface area contributed by atoms with Crippen LogP contribution in [0.15, 0.2) is 34.8 Å². The summed E-state index contributed by atoms with van der Waals surface area (Å²) in [5, 5.41) is 6.42. The monoisotopic (exact) mass is 389 g/mol. The molecule has 1 aromatic carbocycles. The van der Waals surface area contributed by atoms with Gasteiger partial charge in [-0.05, 0) is 27.9 Å². The van der Waals surface area contributed by atoms with Gasteiger partial charge in [0.05, 0.1) is 10.5 Å². The number of halogens is 4. The number of aryl methyl sites for hydroxylation is 1. The number of nitrogens with zero attached hydrogens (tertiary/aromatic N) is 2. The summed E-state index contributed by atoms with van der Waals surface area (Å²) in [6, 6.07) is 8.92. The predicted molar refractivity (Wildman–Crippen MR) is 82.9 cm³/mol. The zero-order chi connectivity index (χ0) is 17.2. The van der Waals surface area contributed by atoms with E-state index in [-0.39, 0.29) is 16.2 Å². The van der Waals surface area contributed by atoms with Crippen molar-refractivity contribution < 1.29 is 18.0 Å². The number of amides is 1. The number of carbonyl (C=O) groups excluding carboxylic acids is 1. The van der Waals surface area contributed by atoms with E-state index < -0.39 is 17.8 Å². The summed E-state index contributed by atoms with van der Waals surface area (Å²) in [4.78, 5) is 12.3. The number of rotatable bonds is 4. The van der Waals surface area contributed by atoms with Gasteiger partial charge in [0.2, 0.25) is 0 Å². The van der Waals surface area contributed by atoms with Gasteiger partial charge in [0.1, 0.15) is 0 Å². The van der Waals surface area contributed by atoms with Crippen LogP contribution in [0.4, 0.5) is 13.2 Å². The Kier molecular flexibility index (Phi) is 5.13. The van der Waals surface area contributed by atoms with Crippen LogP contribution in [0.25, 0.3) is 0 Å². The van der Waals surface area contributed by atoms with Gasteiger partial charge in [-0.15, -0.1) is 0 Å². The summed E-state index contributed by atoms with van der Waals surface area (Å²) >= 11 is 2.84. The van der Waals surface area contributed by atoms with Crippen LogP contribution in [0.2, 0.25) is 0 Å². The van der Waals surface area contributed by atoms with Gasteiger partial charge in [-0.2, -0.15) is 18.3 Å². The lowest BCUT2D eigenvalue weighted by Crippen LogP contribution is -2.28. The van der Waals surface area contributed by atoms with Crippen molar-refractivity contribution in [2.75, 3.05) is 0 Å². The van der Waals surface area contributed by atoms with Gasteiger partial charge in [0.15, 0.2) is 11.4 Å². The largest absolute Gasteiger partial charge is 0.434 e. The van der Waals surface area contributed by atoms with Crippen LogP contribution in [0.1, 0.15) is 41.1 Å². The maximum atomic E-state index is 13.0. The smallest absolute Gasteiger partial charge is 0.344 e. The standard InChI is InChI=1S/C15H15BrF3N3O/c1-3-10(9-7-5-4-6-8-9)20-14(23)12-11(16)13(15(17,18)19)22(2)21-12/h4-8,10H,3H2,1-2H3,(H,20,23). The molecule has 0 fully saturated rings. The molecule has 0 saturated carbocycles. The number of alkyl halides is 3. The quantitative estimate of drug-likeness (QED) is 0.855. The van der Waals surface area contributed by atoms with E-state index in [4.69, 9.17) is 0 Å². The highest BCUT2D eigenvalue weighted by Crippen LogP contribution is 2.36. The van der Waals surface area contributed by atoms with Gasteiger partial charge >= 0.3 is 6.18 Å². The number of aromatic nitrogens is 2. The lowest BCUT2D eigenvalue weighted by atomic mass is 10.0. The van der Waals surface area contributed by atoms with Crippen LogP contribution in [-0.2, 0) is 13.2 Å². The van der Waals surface area contributed by atoms with Gasteiger partial charge in [0.25, 0.3) is 5.91 Å². The Labute approximate surface area is 139 Å². The third-order valence-corrected chi connectivity index (χ3v) is 4.14. The molecule has 1 heterocycles. The number of nitrogens with one attached hydrogen (secondary N) is 1. The number of hydrogen-bond acceptors (Lipinski definition) is 2. The van der Waals surface area contributed by atoms with Crippen molar-refractivity contribution in [1.29, 1.82) is 0 Å². The maximum Gasteiger partial charge on any atom is 0.434 e. The molecule has 0 radical (unpaired) electrons. The maximum absolute atomic E-state index is 13.0. The summed E-state index contributed by atoms with van der Waals surface area (Å²) < 4.78 is 39.2. The molecular weight excluding hydrogens is 375 g/mol. The molecule has 0 aliphatic carbocycles. The summed E-state index contributed by atoms with van der Waals surface area (Å²) in [7, 11) is 1.15. The van der Waals surface area contributed by atoms with Crippen molar-refractivity contribution in [2.24, 2.45) is 7.05 Å².